The molecule has 0 heterocycles. The van der Waals surface area contributed by atoms with Gasteiger partial charge in [0, 0.05) is 18.8 Å². The van der Waals surface area contributed by atoms with Gasteiger partial charge in [-0.1, -0.05) is 26.8 Å². The van der Waals surface area contributed by atoms with Gasteiger partial charge in [0.15, 0.2) is 0 Å². The Kier molecular flexibility index (Phi) is 5.95. The molecule has 1 aromatic carbocycles. The van der Waals surface area contributed by atoms with Gasteiger partial charge in [-0.25, -0.2) is 9.18 Å². The molecule has 0 aliphatic heterocycles. The highest BCUT2D eigenvalue weighted by Gasteiger charge is 2.23. The maximum absolute atomic E-state index is 13.1. The Morgan fingerprint density at radius 2 is 2.15 bits per heavy atom. The van der Waals surface area contributed by atoms with Gasteiger partial charge in [0.2, 0.25) is 0 Å². The van der Waals surface area contributed by atoms with Crippen LogP contribution in [0.1, 0.15) is 27.2 Å². The van der Waals surface area contributed by atoms with Crippen LogP contribution in [0.25, 0.3) is 0 Å². The summed E-state index contributed by atoms with van der Waals surface area (Å²) in [6.07, 6.45) is 0.858. The highest BCUT2D eigenvalue weighted by Crippen LogP contribution is 2.17. The normalized spacial score (nSPS) is 11.2. The van der Waals surface area contributed by atoms with Gasteiger partial charge in [-0.2, -0.15) is 0 Å². The van der Waals surface area contributed by atoms with E-state index in [-0.39, 0.29) is 17.3 Å². The fraction of sp³-hybridized carbons (Fsp3) is 0.533. The van der Waals surface area contributed by atoms with Crippen LogP contribution in [0, 0.1) is 11.2 Å². The molecule has 0 aromatic heterocycles. The summed E-state index contributed by atoms with van der Waals surface area (Å²) in [7, 11) is 0. The number of halogens is 1. The van der Waals surface area contributed by atoms with Crippen molar-refractivity contribution in [3.05, 3.63) is 30.1 Å². The molecule has 3 N–H and O–H groups in total. The third-order valence-corrected chi connectivity index (χ3v) is 3.03. The molecule has 0 unspecified atom stereocenters. The highest BCUT2D eigenvalue weighted by atomic mass is 19.1. The Labute approximate surface area is 120 Å². The van der Waals surface area contributed by atoms with Crippen LogP contribution in [0.5, 0.6) is 0 Å². The number of anilines is 1. The van der Waals surface area contributed by atoms with E-state index in [9.17, 15) is 9.18 Å². The molecule has 20 heavy (non-hydrogen) atoms. The quantitative estimate of drug-likeness (QED) is 0.842. The number of nitrogens with one attached hydrogen (secondary N) is 1. The summed E-state index contributed by atoms with van der Waals surface area (Å²) < 4.78 is 13.1. The Morgan fingerprint density at radius 3 is 2.70 bits per heavy atom. The van der Waals surface area contributed by atoms with Crippen molar-refractivity contribution in [1.29, 1.82) is 0 Å². The first kappa shape index (κ1) is 16.4. The molecule has 1 aromatic rings. The maximum atomic E-state index is 13.1. The molecule has 0 saturated carbocycles. The zero-order valence-corrected chi connectivity index (χ0v) is 12.4. The van der Waals surface area contributed by atoms with Crippen LogP contribution < -0.4 is 11.1 Å². The molecule has 0 aliphatic rings. The van der Waals surface area contributed by atoms with Crippen molar-refractivity contribution < 1.29 is 9.18 Å². The van der Waals surface area contributed by atoms with E-state index >= 15 is 0 Å². The molecule has 0 aliphatic carbocycles. The van der Waals surface area contributed by atoms with Crippen LogP contribution in [0.2, 0.25) is 0 Å². The lowest BCUT2D eigenvalue weighted by Gasteiger charge is -2.31. The minimum absolute atomic E-state index is 0.144. The number of nitrogens with two attached hydrogens (primary N) is 1. The number of hydrogen-bond donors (Lipinski definition) is 2. The SMILES string of the molecule is CCCN(CC(C)(C)CN)C(=O)Nc1cccc(F)c1. The molecule has 0 atom stereocenters. The minimum Gasteiger partial charge on any atom is -0.330 e. The first-order valence-corrected chi connectivity index (χ1v) is 6.89. The van der Waals surface area contributed by atoms with E-state index in [0.29, 0.717) is 25.3 Å². The first-order valence-electron chi connectivity index (χ1n) is 6.89. The number of amides is 2. The zero-order valence-electron chi connectivity index (χ0n) is 12.4. The third-order valence-electron chi connectivity index (χ3n) is 3.03. The number of carbonyl (C=O) groups is 1. The summed E-state index contributed by atoms with van der Waals surface area (Å²) in [6, 6.07) is 5.66. The van der Waals surface area contributed by atoms with Crippen LogP contribution in [0.3, 0.4) is 0 Å². The number of urea groups is 1. The number of carbonyl (C=O) groups excluding carboxylic acids is 1. The Hall–Kier alpha value is -1.62. The summed E-state index contributed by atoms with van der Waals surface area (Å²) in [6.45, 7) is 7.76. The second-order valence-electron chi connectivity index (χ2n) is 5.73. The van der Waals surface area contributed by atoms with Crippen LogP contribution in [0.15, 0.2) is 24.3 Å². The predicted molar refractivity (Wildman–Crippen MR) is 80.1 cm³/mol. The summed E-state index contributed by atoms with van der Waals surface area (Å²) in [5.74, 6) is -0.368. The van der Waals surface area contributed by atoms with Crippen molar-refractivity contribution >= 4 is 11.7 Å². The highest BCUT2D eigenvalue weighted by molar-refractivity contribution is 5.89. The molecular weight excluding hydrogens is 257 g/mol. The van der Waals surface area contributed by atoms with Gasteiger partial charge >= 0.3 is 6.03 Å². The lowest BCUT2D eigenvalue weighted by Crippen LogP contribution is -2.44. The van der Waals surface area contributed by atoms with Crippen LogP contribution >= 0.6 is 0 Å². The van der Waals surface area contributed by atoms with Crippen molar-refractivity contribution in [3.8, 4) is 0 Å². The number of benzene rings is 1. The predicted octanol–water partition coefficient (Wildman–Crippen LogP) is 3.05. The fourth-order valence-corrected chi connectivity index (χ4v) is 1.87. The van der Waals surface area contributed by atoms with Crippen LogP contribution in [-0.4, -0.2) is 30.6 Å². The molecule has 4 nitrogen and oxygen atoms in total. The monoisotopic (exact) mass is 281 g/mol. The van der Waals surface area contributed by atoms with Gasteiger partial charge < -0.3 is 16.0 Å². The summed E-state index contributed by atoms with van der Waals surface area (Å²) in [5.41, 5.74) is 6.03. The van der Waals surface area contributed by atoms with Gasteiger partial charge in [0.05, 0.1) is 0 Å². The number of nitrogens with zero attached hydrogens (tertiary/aromatic N) is 1. The molecule has 0 fully saturated rings. The molecule has 112 valence electrons. The lowest BCUT2D eigenvalue weighted by atomic mass is 9.93. The van der Waals surface area contributed by atoms with Crippen LogP contribution in [0.4, 0.5) is 14.9 Å². The van der Waals surface area contributed by atoms with Gasteiger partial charge in [-0.3, -0.25) is 0 Å². The maximum Gasteiger partial charge on any atom is 0.321 e. The zero-order chi connectivity index (χ0) is 15.2. The smallest absolute Gasteiger partial charge is 0.321 e. The van der Waals surface area contributed by atoms with Crippen molar-refractivity contribution in [2.75, 3.05) is 25.0 Å². The summed E-state index contributed by atoms with van der Waals surface area (Å²) in [5, 5.41) is 2.72. The van der Waals surface area contributed by atoms with Crippen LogP contribution in [-0.2, 0) is 0 Å². The minimum atomic E-state index is -0.368. The van der Waals surface area contributed by atoms with Gasteiger partial charge in [-0.15, -0.1) is 0 Å². The molecule has 0 bridgehead atoms. The van der Waals surface area contributed by atoms with E-state index < -0.39 is 0 Å². The standard InChI is InChI=1S/C15H24FN3O/c1-4-8-19(11-15(2,3)10-17)14(20)18-13-7-5-6-12(16)9-13/h5-7,9H,4,8,10-11,17H2,1-3H3,(H,18,20). The van der Waals surface area contributed by atoms with Crippen molar-refractivity contribution in [2.24, 2.45) is 11.1 Å². The van der Waals surface area contributed by atoms with E-state index in [2.05, 4.69) is 5.32 Å². The molecular formula is C15H24FN3O. The molecule has 0 radical (unpaired) electrons. The Morgan fingerprint density at radius 1 is 1.45 bits per heavy atom. The van der Waals surface area contributed by atoms with E-state index in [1.165, 1.54) is 12.1 Å². The second kappa shape index (κ2) is 7.24. The van der Waals surface area contributed by atoms with Gasteiger partial charge in [0.25, 0.3) is 0 Å². The summed E-state index contributed by atoms with van der Waals surface area (Å²) >= 11 is 0. The molecule has 0 spiro atoms. The van der Waals surface area contributed by atoms with E-state index in [1.54, 1.807) is 17.0 Å². The largest absolute Gasteiger partial charge is 0.330 e. The Balaban J connectivity index is 2.74. The van der Waals surface area contributed by atoms with E-state index in [0.717, 1.165) is 6.42 Å². The van der Waals surface area contributed by atoms with Crippen molar-refractivity contribution in [1.82, 2.24) is 4.90 Å². The number of hydrogen-bond acceptors (Lipinski definition) is 2. The van der Waals surface area contributed by atoms with E-state index in [4.69, 9.17) is 5.73 Å². The molecule has 2 amide bonds. The second-order valence-corrected chi connectivity index (χ2v) is 5.73. The summed E-state index contributed by atoms with van der Waals surface area (Å²) in [4.78, 5) is 14.0. The number of rotatable bonds is 6. The van der Waals surface area contributed by atoms with Gasteiger partial charge in [0.1, 0.15) is 5.82 Å². The van der Waals surface area contributed by atoms with E-state index in [1.807, 2.05) is 20.8 Å². The Bertz CT molecular complexity index is 448. The average molecular weight is 281 g/mol. The molecule has 1 rings (SSSR count). The molecule has 5 heteroatoms. The van der Waals surface area contributed by atoms with Crippen molar-refractivity contribution in [2.45, 2.75) is 27.2 Å². The lowest BCUT2D eigenvalue weighted by molar-refractivity contribution is 0.181. The third kappa shape index (κ3) is 5.17. The fourth-order valence-electron chi connectivity index (χ4n) is 1.87. The first-order chi connectivity index (χ1) is 9.38. The molecule has 0 saturated heterocycles. The average Bonchev–Trinajstić information content (AvgIpc) is 2.38. The van der Waals surface area contributed by atoms with Crippen molar-refractivity contribution in [3.63, 3.8) is 0 Å². The topological polar surface area (TPSA) is 58.4 Å². The van der Waals surface area contributed by atoms with Gasteiger partial charge in [-0.05, 0) is 36.6 Å².